The number of rotatable bonds is 4. The molecular formula is C20H17ClN4O2. The Balaban J connectivity index is 1.56. The molecule has 6 nitrogen and oxygen atoms in total. The lowest BCUT2D eigenvalue weighted by Gasteiger charge is -2.24. The van der Waals surface area contributed by atoms with Gasteiger partial charge in [0.2, 0.25) is 11.8 Å². The van der Waals surface area contributed by atoms with Gasteiger partial charge in [-0.1, -0.05) is 48.0 Å². The summed E-state index contributed by atoms with van der Waals surface area (Å²) >= 11 is 6.22. The van der Waals surface area contributed by atoms with Crippen LogP contribution in [-0.2, 0) is 16.1 Å². The van der Waals surface area contributed by atoms with Crippen molar-refractivity contribution in [3.8, 4) is 0 Å². The fourth-order valence-corrected chi connectivity index (χ4v) is 3.41. The highest BCUT2D eigenvalue weighted by atomic mass is 35.5. The van der Waals surface area contributed by atoms with E-state index in [0.717, 1.165) is 11.1 Å². The lowest BCUT2D eigenvalue weighted by molar-refractivity contribution is -0.123. The average Bonchev–Trinajstić information content (AvgIpc) is 3.09. The van der Waals surface area contributed by atoms with Crippen LogP contribution in [0.3, 0.4) is 0 Å². The summed E-state index contributed by atoms with van der Waals surface area (Å²) in [4.78, 5) is 24.9. The smallest absolute Gasteiger partial charge is 0.233 e. The van der Waals surface area contributed by atoms with Gasteiger partial charge in [-0.15, -0.1) is 0 Å². The molecule has 1 unspecified atom stereocenters. The molecular weight excluding hydrogens is 364 g/mol. The van der Waals surface area contributed by atoms with Crippen LogP contribution >= 0.6 is 11.6 Å². The number of nitrogens with zero attached hydrogens (tertiary/aromatic N) is 2. The number of halogens is 1. The van der Waals surface area contributed by atoms with Gasteiger partial charge in [0.05, 0.1) is 18.7 Å². The number of carbonyl (C=O) groups excluding carboxylic acids is 2. The van der Waals surface area contributed by atoms with Crippen LogP contribution in [0.2, 0.25) is 5.02 Å². The van der Waals surface area contributed by atoms with E-state index in [9.17, 15) is 9.59 Å². The van der Waals surface area contributed by atoms with E-state index in [0.29, 0.717) is 23.1 Å². The number of hydrogen-bond acceptors (Lipinski definition) is 3. The number of aromatic nitrogens is 2. The van der Waals surface area contributed by atoms with E-state index in [1.54, 1.807) is 23.0 Å². The number of para-hydroxylation sites is 1. The van der Waals surface area contributed by atoms with Crippen molar-refractivity contribution in [2.24, 2.45) is 0 Å². The molecule has 136 valence electrons. The fraction of sp³-hybridized carbons (Fsp3) is 0.150. The Hall–Kier alpha value is -3.12. The second kappa shape index (κ2) is 7.25. The van der Waals surface area contributed by atoms with Crippen LogP contribution in [0.25, 0.3) is 0 Å². The molecule has 2 heterocycles. The summed E-state index contributed by atoms with van der Waals surface area (Å²) < 4.78 is 1.67. The number of hydrogen-bond donors (Lipinski definition) is 2. The summed E-state index contributed by atoms with van der Waals surface area (Å²) in [7, 11) is 0. The molecule has 0 fully saturated rings. The van der Waals surface area contributed by atoms with Gasteiger partial charge in [-0.05, 0) is 23.3 Å². The van der Waals surface area contributed by atoms with Crippen molar-refractivity contribution in [2.45, 2.75) is 18.9 Å². The first kappa shape index (κ1) is 17.3. The summed E-state index contributed by atoms with van der Waals surface area (Å²) in [5.41, 5.74) is 2.39. The van der Waals surface area contributed by atoms with Crippen LogP contribution in [-0.4, -0.2) is 21.6 Å². The van der Waals surface area contributed by atoms with Crippen molar-refractivity contribution in [1.29, 1.82) is 0 Å². The van der Waals surface area contributed by atoms with E-state index in [4.69, 9.17) is 11.6 Å². The summed E-state index contributed by atoms with van der Waals surface area (Å²) in [5, 5.41) is 10.6. The molecule has 1 atom stereocenters. The Morgan fingerprint density at radius 2 is 1.96 bits per heavy atom. The highest BCUT2D eigenvalue weighted by molar-refractivity contribution is 6.31. The van der Waals surface area contributed by atoms with Gasteiger partial charge >= 0.3 is 0 Å². The van der Waals surface area contributed by atoms with Crippen LogP contribution in [0, 0.1) is 0 Å². The van der Waals surface area contributed by atoms with Crippen molar-refractivity contribution in [3.63, 3.8) is 0 Å². The summed E-state index contributed by atoms with van der Waals surface area (Å²) in [6.45, 7) is 0.435. The van der Waals surface area contributed by atoms with E-state index in [1.807, 2.05) is 42.5 Å². The maximum Gasteiger partial charge on any atom is 0.233 e. The first-order valence-corrected chi connectivity index (χ1v) is 8.94. The first-order valence-electron chi connectivity index (χ1n) is 8.56. The van der Waals surface area contributed by atoms with Crippen LogP contribution in [0.5, 0.6) is 0 Å². The number of benzene rings is 2. The van der Waals surface area contributed by atoms with E-state index in [2.05, 4.69) is 15.7 Å². The van der Waals surface area contributed by atoms with Crippen molar-refractivity contribution < 1.29 is 9.59 Å². The molecule has 1 aromatic heterocycles. The molecule has 0 saturated carbocycles. The van der Waals surface area contributed by atoms with Gasteiger partial charge < -0.3 is 10.6 Å². The minimum Gasteiger partial charge on any atom is -0.326 e. The molecule has 0 aliphatic carbocycles. The number of fused-ring (bicyclic) bond motifs is 1. The molecule has 0 saturated heterocycles. The molecule has 27 heavy (non-hydrogen) atoms. The first-order chi connectivity index (χ1) is 13.1. The van der Waals surface area contributed by atoms with Crippen molar-refractivity contribution >= 4 is 34.9 Å². The number of amides is 2. The zero-order valence-corrected chi connectivity index (χ0v) is 15.1. The summed E-state index contributed by atoms with van der Waals surface area (Å²) in [6, 6.07) is 16.6. The zero-order chi connectivity index (χ0) is 18.8. The molecule has 7 heteroatoms. The molecule has 0 spiro atoms. The standard InChI is InChI=1S/C20H17ClN4O2/c21-16-7-3-1-5-13(16)12-25-18(9-10-22-25)24-20(27)15-11-19(26)23-17-8-4-2-6-14(15)17/h1-10,15H,11-12H2,(H,23,26)(H,24,27). The maximum atomic E-state index is 12.9. The number of anilines is 2. The second-order valence-electron chi connectivity index (χ2n) is 6.35. The lowest BCUT2D eigenvalue weighted by atomic mass is 9.90. The van der Waals surface area contributed by atoms with Gasteiger partial charge in [-0.2, -0.15) is 5.10 Å². The highest BCUT2D eigenvalue weighted by Gasteiger charge is 2.30. The average molecular weight is 381 g/mol. The molecule has 2 N–H and O–H groups in total. The Labute approximate surface area is 161 Å². The Morgan fingerprint density at radius 1 is 1.19 bits per heavy atom. The van der Waals surface area contributed by atoms with Crippen LogP contribution < -0.4 is 10.6 Å². The Bertz CT molecular complexity index is 1010. The highest BCUT2D eigenvalue weighted by Crippen LogP contribution is 2.32. The van der Waals surface area contributed by atoms with Crippen molar-refractivity contribution in [2.75, 3.05) is 10.6 Å². The monoisotopic (exact) mass is 380 g/mol. The van der Waals surface area contributed by atoms with Crippen LogP contribution in [0.1, 0.15) is 23.5 Å². The SMILES string of the molecule is O=C1CC(C(=O)Nc2ccnn2Cc2ccccc2Cl)c2ccccc2N1. The molecule has 4 rings (SSSR count). The molecule has 0 radical (unpaired) electrons. The second-order valence-corrected chi connectivity index (χ2v) is 6.75. The van der Waals surface area contributed by atoms with Gasteiger partial charge in [0, 0.05) is 23.2 Å². The number of nitrogens with one attached hydrogen (secondary N) is 2. The Morgan fingerprint density at radius 3 is 2.81 bits per heavy atom. The zero-order valence-electron chi connectivity index (χ0n) is 14.4. The largest absolute Gasteiger partial charge is 0.326 e. The minimum absolute atomic E-state index is 0.113. The maximum absolute atomic E-state index is 12.9. The lowest BCUT2D eigenvalue weighted by Crippen LogP contribution is -2.31. The van der Waals surface area contributed by atoms with E-state index in [1.165, 1.54) is 0 Å². The molecule has 1 aliphatic rings. The van der Waals surface area contributed by atoms with Gasteiger partial charge in [-0.25, -0.2) is 4.68 Å². The van der Waals surface area contributed by atoms with Gasteiger partial charge in [0.25, 0.3) is 0 Å². The third kappa shape index (κ3) is 3.57. The minimum atomic E-state index is -0.543. The predicted octanol–water partition coefficient (Wildman–Crippen LogP) is 3.65. The predicted molar refractivity (Wildman–Crippen MR) is 104 cm³/mol. The molecule has 1 aliphatic heterocycles. The van der Waals surface area contributed by atoms with E-state index in [-0.39, 0.29) is 18.2 Å². The van der Waals surface area contributed by atoms with E-state index >= 15 is 0 Å². The normalized spacial score (nSPS) is 15.7. The third-order valence-electron chi connectivity index (χ3n) is 4.56. The molecule has 3 aromatic rings. The summed E-state index contributed by atoms with van der Waals surface area (Å²) in [6.07, 6.45) is 1.73. The molecule has 2 aromatic carbocycles. The van der Waals surface area contributed by atoms with Crippen molar-refractivity contribution in [1.82, 2.24) is 9.78 Å². The topological polar surface area (TPSA) is 76.0 Å². The quantitative estimate of drug-likeness (QED) is 0.725. The van der Waals surface area contributed by atoms with Crippen LogP contribution in [0.4, 0.5) is 11.5 Å². The van der Waals surface area contributed by atoms with E-state index < -0.39 is 5.92 Å². The Kier molecular flexibility index (Phi) is 4.64. The van der Waals surface area contributed by atoms with Gasteiger partial charge in [0.1, 0.15) is 5.82 Å². The molecule has 0 bridgehead atoms. The summed E-state index contributed by atoms with van der Waals surface area (Å²) in [5.74, 6) is -0.390. The molecule has 2 amide bonds. The number of carbonyl (C=O) groups is 2. The third-order valence-corrected chi connectivity index (χ3v) is 4.93. The van der Waals surface area contributed by atoms with Gasteiger partial charge in [0.15, 0.2) is 0 Å². The van der Waals surface area contributed by atoms with Gasteiger partial charge in [-0.3, -0.25) is 9.59 Å². The fourth-order valence-electron chi connectivity index (χ4n) is 3.21. The van der Waals surface area contributed by atoms with Crippen molar-refractivity contribution in [3.05, 3.63) is 76.9 Å². The van der Waals surface area contributed by atoms with Crippen LogP contribution in [0.15, 0.2) is 60.8 Å².